The van der Waals surface area contributed by atoms with Crippen molar-refractivity contribution in [3.8, 4) is 5.88 Å². The summed E-state index contributed by atoms with van der Waals surface area (Å²) >= 11 is 0. The van der Waals surface area contributed by atoms with Crippen LogP contribution in [0.3, 0.4) is 0 Å². The number of halogens is 1. The van der Waals surface area contributed by atoms with Crippen LogP contribution in [0.1, 0.15) is 36.8 Å². The van der Waals surface area contributed by atoms with Gasteiger partial charge in [-0.15, -0.1) is 0 Å². The lowest BCUT2D eigenvalue weighted by Gasteiger charge is -2.39. The normalized spacial score (nSPS) is 21.7. The van der Waals surface area contributed by atoms with Gasteiger partial charge in [0.2, 0.25) is 5.88 Å². The molecule has 3 aliphatic rings. The third kappa shape index (κ3) is 3.66. The minimum atomic E-state index is -0.486. The summed E-state index contributed by atoms with van der Waals surface area (Å²) in [4.78, 5) is 35.0. The predicted molar refractivity (Wildman–Crippen MR) is 123 cm³/mol. The zero-order valence-electron chi connectivity index (χ0n) is 18.4. The summed E-state index contributed by atoms with van der Waals surface area (Å²) in [5, 5.41) is 3.61. The monoisotopic (exact) mass is 462 g/mol. The number of fused-ring (bicyclic) bond motifs is 4. The Morgan fingerprint density at radius 2 is 2.03 bits per heavy atom. The van der Waals surface area contributed by atoms with E-state index in [0.717, 1.165) is 48.5 Å². The van der Waals surface area contributed by atoms with E-state index in [9.17, 15) is 14.0 Å². The Hall–Kier alpha value is -3.59. The van der Waals surface area contributed by atoms with Gasteiger partial charge in [-0.1, -0.05) is 5.57 Å². The van der Waals surface area contributed by atoms with E-state index in [-0.39, 0.29) is 24.2 Å². The van der Waals surface area contributed by atoms with Crippen molar-refractivity contribution in [3.63, 3.8) is 0 Å². The molecule has 0 saturated heterocycles. The van der Waals surface area contributed by atoms with Gasteiger partial charge in [-0.05, 0) is 50.3 Å². The number of hydrogen-bond acceptors (Lipinski definition) is 7. The number of hydrogen-bond donors (Lipinski definition) is 1. The van der Waals surface area contributed by atoms with Crippen LogP contribution in [0, 0.1) is 5.82 Å². The number of rotatable bonds is 4. The van der Waals surface area contributed by atoms with Crippen LogP contribution < -0.4 is 20.6 Å². The summed E-state index contributed by atoms with van der Waals surface area (Å²) in [7, 11) is 0. The fraction of sp³-hybridized carbons (Fsp3) is 0.360. The van der Waals surface area contributed by atoms with E-state index >= 15 is 0 Å². The van der Waals surface area contributed by atoms with Crippen molar-refractivity contribution in [2.45, 2.75) is 44.2 Å². The van der Waals surface area contributed by atoms with Gasteiger partial charge in [0.25, 0.3) is 5.91 Å². The highest BCUT2D eigenvalue weighted by Gasteiger charge is 2.35. The lowest BCUT2D eigenvalue weighted by atomic mass is 9.89. The molecule has 4 heterocycles. The third-order valence-electron chi connectivity index (χ3n) is 6.90. The van der Waals surface area contributed by atoms with Gasteiger partial charge in [0.15, 0.2) is 12.2 Å². The second kappa shape index (κ2) is 8.32. The molecule has 1 saturated carbocycles. The summed E-state index contributed by atoms with van der Waals surface area (Å²) in [6, 6.07) is 5.14. The first-order valence-electron chi connectivity index (χ1n) is 11.5. The fourth-order valence-corrected chi connectivity index (χ4v) is 5.27. The molecule has 1 amide bonds. The van der Waals surface area contributed by atoms with Gasteiger partial charge in [-0.2, -0.15) is 0 Å². The van der Waals surface area contributed by atoms with Crippen LogP contribution in [0.25, 0.3) is 17.2 Å². The molecule has 0 radical (unpaired) electrons. The van der Waals surface area contributed by atoms with Crippen molar-refractivity contribution < 1.29 is 18.3 Å². The molecule has 0 aromatic carbocycles. The third-order valence-corrected chi connectivity index (χ3v) is 6.90. The molecular weight excluding hydrogens is 439 g/mol. The molecule has 0 spiro atoms. The van der Waals surface area contributed by atoms with Gasteiger partial charge in [0.1, 0.15) is 17.0 Å². The van der Waals surface area contributed by atoms with Gasteiger partial charge in [-0.25, -0.2) is 14.2 Å². The molecule has 1 fully saturated rings. The first-order valence-corrected chi connectivity index (χ1v) is 11.5. The highest BCUT2D eigenvalue weighted by molar-refractivity contribution is 5.98. The SMILES string of the molecule is O=C1COc2ncc(F)cc2N1C1CCC(NCC2=Cc3c(c4ncccc4oc3=O)C2)CC1. The molecule has 1 N–H and O–H groups in total. The number of nitrogens with zero attached hydrogens (tertiary/aromatic N) is 3. The van der Waals surface area contributed by atoms with E-state index in [0.29, 0.717) is 41.7 Å². The highest BCUT2D eigenvalue weighted by Crippen LogP contribution is 2.36. The van der Waals surface area contributed by atoms with E-state index in [2.05, 4.69) is 15.3 Å². The van der Waals surface area contributed by atoms with Crippen molar-refractivity contribution in [3.05, 3.63) is 63.5 Å². The van der Waals surface area contributed by atoms with Crippen LogP contribution in [-0.2, 0) is 11.2 Å². The van der Waals surface area contributed by atoms with E-state index in [4.69, 9.17) is 9.15 Å². The summed E-state index contributed by atoms with van der Waals surface area (Å²) in [6.45, 7) is 0.599. The summed E-state index contributed by atoms with van der Waals surface area (Å²) in [5.41, 5.74) is 4.00. The molecule has 2 aliphatic carbocycles. The predicted octanol–water partition coefficient (Wildman–Crippen LogP) is 2.99. The van der Waals surface area contributed by atoms with Crippen molar-refractivity contribution in [1.82, 2.24) is 15.3 Å². The fourth-order valence-electron chi connectivity index (χ4n) is 5.27. The van der Waals surface area contributed by atoms with E-state index in [1.807, 2.05) is 6.08 Å². The minimum absolute atomic E-state index is 0.00572. The second-order valence-electron chi connectivity index (χ2n) is 9.03. The topological polar surface area (TPSA) is 97.6 Å². The number of aromatic nitrogens is 2. The number of nitrogens with one attached hydrogen (secondary N) is 1. The number of carbonyl (C=O) groups excluding carboxylic acids is 1. The molecule has 6 rings (SSSR count). The Kier molecular flexibility index (Phi) is 5.13. The van der Waals surface area contributed by atoms with Gasteiger partial charge < -0.3 is 19.4 Å². The molecule has 3 aromatic rings. The second-order valence-corrected chi connectivity index (χ2v) is 9.03. The number of ether oxygens (including phenoxy) is 1. The average Bonchev–Trinajstić information content (AvgIpc) is 3.29. The summed E-state index contributed by atoms with van der Waals surface area (Å²) in [6.07, 6.45) is 8.78. The number of pyridine rings is 2. The van der Waals surface area contributed by atoms with Gasteiger partial charge >= 0.3 is 5.63 Å². The Bertz CT molecular complexity index is 1380. The lowest BCUT2D eigenvalue weighted by molar-refractivity contribution is -0.122. The maximum atomic E-state index is 13.8. The molecule has 3 aromatic heterocycles. The van der Waals surface area contributed by atoms with Crippen LogP contribution in [0.15, 0.2) is 45.4 Å². The molecule has 0 unspecified atom stereocenters. The van der Waals surface area contributed by atoms with Crippen LogP contribution in [0.4, 0.5) is 10.1 Å². The molecular formula is C25H23FN4O4. The van der Waals surface area contributed by atoms with E-state index in [1.54, 1.807) is 23.2 Å². The van der Waals surface area contributed by atoms with Gasteiger partial charge in [-0.3, -0.25) is 9.78 Å². The number of carbonyl (C=O) groups is 1. The van der Waals surface area contributed by atoms with Crippen LogP contribution in [0.2, 0.25) is 0 Å². The zero-order valence-corrected chi connectivity index (χ0v) is 18.4. The Morgan fingerprint density at radius 3 is 2.88 bits per heavy atom. The first-order chi connectivity index (χ1) is 16.6. The molecule has 0 atom stereocenters. The zero-order chi connectivity index (χ0) is 23.2. The summed E-state index contributed by atoms with van der Waals surface area (Å²) in [5.74, 6) is -0.342. The molecule has 8 nitrogen and oxygen atoms in total. The first kappa shape index (κ1) is 21.0. The molecule has 174 valence electrons. The average molecular weight is 462 g/mol. The maximum absolute atomic E-state index is 13.8. The molecule has 34 heavy (non-hydrogen) atoms. The largest absolute Gasteiger partial charge is 0.466 e. The molecule has 0 bridgehead atoms. The van der Waals surface area contributed by atoms with Gasteiger partial charge in [0, 0.05) is 36.5 Å². The Labute approximate surface area is 194 Å². The van der Waals surface area contributed by atoms with Gasteiger partial charge in [0.05, 0.1) is 11.8 Å². The van der Waals surface area contributed by atoms with Crippen molar-refractivity contribution in [1.29, 1.82) is 0 Å². The van der Waals surface area contributed by atoms with E-state index < -0.39 is 5.82 Å². The Balaban J connectivity index is 1.09. The standard InChI is InChI=1S/C25H23FN4O4/c26-15-10-20-24(29-12-15)33-13-22(31)30(20)17-5-3-16(4-6-17)28-11-14-8-18-19(9-14)25(32)34-21-2-1-7-27-23(18)21/h1-2,7,9-10,12,16-17,28H,3-6,8,11,13H2. The Morgan fingerprint density at radius 1 is 1.18 bits per heavy atom. The van der Waals surface area contributed by atoms with Crippen LogP contribution >= 0.6 is 0 Å². The number of anilines is 1. The lowest BCUT2D eigenvalue weighted by Crippen LogP contribution is -2.49. The maximum Gasteiger partial charge on any atom is 0.343 e. The summed E-state index contributed by atoms with van der Waals surface area (Å²) < 4.78 is 24.6. The molecule has 9 heteroatoms. The quantitative estimate of drug-likeness (QED) is 0.637. The number of amides is 1. The van der Waals surface area contributed by atoms with Crippen molar-refractivity contribution in [2.24, 2.45) is 0 Å². The van der Waals surface area contributed by atoms with Crippen LogP contribution in [-0.4, -0.2) is 41.1 Å². The van der Waals surface area contributed by atoms with Crippen LogP contribution in [0.5, 0.6) is 5.88 Å². The molecule has 1 aliphatic heterocycles. The minimum Gasteiger partial charge on any atom is -0.466 e. The van der Waals surface area contributed by atoms with E-state index in [1.165, 1.54) is 6.07 Å². The van der Waals surface area contributed by atoms with Crippen molar-refractivity contribution >= 4 is 28.8 Å². The smallest absolute Gasteiger partial charge is 0.343 e. The highest BCUT2D eigenvalue weighted by atomic mass is 19.1. The van der Waals surface area contributed by atoms with Crippen molar-refractivity contribution in [2.75, 3.05) is 18.1 Å².